The summed E-state index contributed by atoms with van der Waals surface area (Å²) in [7, 11) is 0. The number of benzene rings is 1. The Morgan fingerprint density at radius 1 is 1.27 bits per heavy atom. The van der Waals surface area contributed by atoms with Crippen LogP contribution in [0.2, 0.25) is 0 Å². The molecule has 3 aromatic rings. The maximum atomic E-state index is 13.6. The van der Waals surface area contributed by atoms with Gasteiger partial charge in [-0.2, -0.15) is 0 Å². The fourth-order valence-electron chi connectivity index (χ4n) is 3.70. The van der Waals surface area contributed by atoms with Gasteiger partial charge in [0.25, 0.3) is 0 Å². The number of aryl methyl sites for hydroxylation is 1. The van der Waals surface area contributed by atoms with Crippen molar-refractivity contribution >= 4 is 10.9 Å². The second-order valence-corrected chi connectivity index (χ2v) is 6.73. The molecule has 5 nitrogen and oxygen atoms in total. The summed E-state index contributed by atoms with van der Waals surface area (Å²) in [4.78, 5) is 5.72. The highest BCUT2D eigenvalue weighted by Crippen LogP contribution is 2.25. The predicted octanol–water partition coefficient (Wildman–Crippen LogP) is 3.37. The van der Waals surface area contributed by atoms with Gasteiger partial charge in [0.15, 0.2) is 0 Å². The molecule has 1 aromatic carbocycles. The Hall–Kier alpha value is -2.15. The Kier molecular flexibility index (Phi) is 5.06. The molecule has 26 heavy (non-hydrogen) atoms. The largest absolute Gasteiger partial charge is 0.468 e. The molecule has 3 heterocycles. The predicted molar refractivity (Wildman–Crippen MR) is 98.5 cm³/mol. The molecule has 4 rings (SSSR count). The van der Waals surface area contributed by atoms with Crippen LogP contribution >= 0.6 is 0 Å². The normalized spacial score (nSPS) is 17.0. The van der Waals surface area contributed by atoms with Gasteiger partial charge in [0.2, 0.25) is 0 Å². The molecule has 1 aliphatic heterocycles. The van der Waals surface area contributed by atoms with Crippen LogP contribution in [-0.4, -0.2) is 42.7 Å². The topological polar surface area (TPSA) is 53.4 Å². The first kappa shape index (κ1) is 17.3. The number of hydrogen-bond donors (Lipinski definition) is 2. The monoisotopic (exact) mass is 357 g/mol. The molecule has 2 aromatic heterocycles. The number of H-pyrrole nitrogens is 1. The molecule has 0 aliphatic carbocycles. The second kappa shape index (κ2) is 7.61. The Labute approximate surface area is 152 Å². The maximum Gasteiger partial charge on any atom is 0.123 e. The summed E-state index contributed by atoms with van der Waals surface area (Å²) < 4.78 is 24.8. The van der Waals surface area contributed by atoms with Crippen molar-refractivity contribution in [1.82, 2.24) is 15.2 Å². The average Bonchev–Trinajstić information content (AvgIpc) is 3.28. The van der Waals surface area contributed by atoms with E-state index in [1.165, 1.54) is 6.07 Å². The van der Waals surface area contributed by atoms with Gasteiger partial charge in [0, 0.05) is 42.8 Å². The van der Waals surface area contributed by atoms with Crippen LogP contribution < -0.4 is 5.32 Å². The zero-order valence-corrected chi connectivity index (χ0v) is 14.9. The number of nitrogens with zero attached hydrogens (tertiary/aromatic N) is 1. The van der Waals surface area contributed by atoms with Gasteiger partial charge in [-0.1, -0.05) is 0 Å². The molecule has 1 aliphatic rings. The van der Waals surface area contributed by atoms with Crippen molar-refractivity contribution in [1.29, 1.82) is 0 Å². The maximum absolute atomic E-state index is 13.6. The summed E-state index contributed by atoms with van der Waals surface area (Å²) in [6, 6.07) is 8.99. The summed E-state index contributed by atoms with van der Waals surface area (Å²) in [5, 5.41) is 4.48. The summed E-state index contributed by atoms with van der Waals surface area (Å²) in [6.45, 7) is 6.75. The van der Waals surface area contributed by atoms with E-state index in [9.17, 15) is 4.39 Å². The lowest BCUT2D eigenvalue weighted by Crippen LogP contribution is -2.42. The molecule has 0 saturated carbocycles. The molecule has 2 N–H and O–H groups in total. The first-order valence-corrected chi connectivity index (χ1v) is 9.05. The Bertz CT molecular complexity index is 853. The Morgan fingerprint density at radius 3 is 2.88 bits per heavy atom. The lowest BCUT2D eigenvalue weighted by molar-refractivity contribution is 0.0116. The van der Waals surface area contributed by atoms with Gasteiger partial charge in [-0.05, 0) is 42.8 Å². The number of fused-ring (bicyclic) bond motifs is 1. The van der Waals surface area contributed by atoms with Crippen molar-refractivity contribution in [3.8, 4) is 0 Å². The van der Waals surface area contributed by atoms with Gasteiger partial charge >= 0.3 is 0 Å². The minimum Gasteiger partial charge on any atom is -0.468 e. The number of furan rings is 1. The number of hydrogen-bond acceptors (Lipinski definition) is 4. The van der Waals surface area contributed by atoms with Gasteiger partial charge in [0.1, 0.15) is 11.6 Å². The Morgan fingerprint density at radius 2 is 2.12 bits per heavy atom. The van der Waals surface area contributed by atoms with Crippen LogP contribution in [0.15, 0.2) is 41.0 Å². The van der Waals surface area contributed by atoms with E-state index in [1.54, 1.807) is 18.4 Å². The van der Waals surface area contributed by atoms with Crippen LogP contribution in [0.5, 0.6) is 0 Å². The molecule has 1 atom stereocenters. The van der Waals surface area contributed by atoms with E-state index in [-0.39, 0.29) is 11.9 Å². The van der Waals surface area contributed by atoms with Crippen LogP contribution in [0, 0.1) is 12.7 Å². The molecular formula is C20H24FN3O2. The van der Waals surface area contributed by atoms with E-state index in [1.807, 2.05) is 19.1 Å². The van der Waals surface area contributed by atoms with Crippen LogP contribution in [0.1, 0.15) is 23.1 Å². The first-order chi connectivity index (χ1) is 12.7. The average molecular weight is 357 g/mol. The summed E-state index contributed by atoms with van der Waals surface area (Å²) in [5.41, 5.74) is 3.15. The smallest absolute Gasteiger partial charge is 0.123 e. The van der Waals surface area contributed by atoms with Crippen LogP contribution in [0.3, 0.4) is 0 Å². The molecule has 0 bridgehead atoms. The van der Waals surface area contributed by atoms with E-state index < -0.39 is 0 Å². The first-order valence-electron chi connectivity index (χ1n) is 9.05. The van der Waals surface area contributed by atoms with Crippen LogP contribution in [0.25, 0.3) is 10.9 Å². The quantitative estimate of drug-likeness (QED) is 0.710. The number of aromatic amines is 1. The molecule has 0 radical (unpaired) electrons. The van der Waals surface area contributed by atoms with Crippen LogP contribution in [-0.2, 0) is 11.3 Å². The molecule has 1 fully saturated rings. The zero-order chi connectivity index (χ0) is 17.9. The van der Waals surface area contributed by atoms with Gasteiger partial charge in [-0.15, -0.1) is 0 Å². The number of ether oxygens (including phenoxy) is 1. The van der Waals surface area contributed by atoms with Crippen molar-refractivity contribution in [3.63, 3.8) is 0 Å². The molecule has 138 valence electrons. The number of nitrogens with one attached hydrogen (secondary N) is 2. The van der Waals surface area contributed by atoms with Crippen molar-refractivity contribution in [2.24, 2.45) is 0 Å². The molecular weight excluding hydrogens is 333 g/mol. The number of halogens is 1. The molecule has 1 saturated heterocycles. The van der Waals surface area contributed by atoms with Crippen molar-refractivity contribution in [2.75, 3.05) is 32.8 Å². The van der Waals surface area contributed by atoms with E-state index in [0.29, 0.717) is 6.54 Å². The fourth-order valence-corrected chi connectivity index (χ4v) is 3.70. The van der Waals surface area contributed by atoms with E-state index in [2.05, 4.69) is 15.2 Å². The van der Waals surface area contributed by atoms with Crippen molar-refractivity contribution in [3.05, 3.63) is 59.4 Å². The number of aromatic nitrogens is 1. The highest BCUT2D eigenvalue weighted by Gasteiger charge is 2.24. The number of morpholine rings is 1. The molecule has 1 unspecified atom stereocenters. The minimum absolute atomic E-state index is 0.163. The highest BCUT2D eigenvalue weighted by atomic mass is 19.1. The van der Waals surface area contributed by atoms with E-state index >= 15 is 0 Å². The zero-order valence-electron chi connectivity index (χ0n) is 14.9. The summed E-state index contributed by atoms with van der Waals surface area (Å²) in [6.07, 6.45) is 1.72. The standard InChI is InChI=1S/C20H24FN3O2/c1-14-17(16-11-15(21)4-5-18(16)23-14)12-22-13-19(20-3-2-8-26-20)24-6-9-25-10-7-24/h2-5,8,11,19,22-23H,6-7,9-10,12-13H2,1H3. The van der Waals surface area contributed by atoms with Gasteiger partial charge < -0.3 is 19.5 Å². The van der Waals surface area contributed by atoms with Gasteiger partial charge in [-0.3, -0.25) is 4.90 Å². The lowest BCUT2D eigenvalue weighted by Gasteiger charge is -2.33. The van der Waals surface area contributed by atoms with Crippen molar-refractivity contribution < 1.29 is 13.5 Å². The minimum atomic E-state index is -0.209. The third kappa shape index (κ3) is 3.53. The van der Waals surface area contributed by atoms with Gasteiger partial charge in [0.05, 0.1) is 25.5 Å². The third-order valence-electron chi connectivity index (χ3n) is 5.08. The summed E-state index contributed by atoms with van der Waals surface area (Å²) in [5.74, 6) is 0.751. The van der Waals surface area contributed by atoms with Gasteiger partial charge in [-0.25, -0.2) is 4.39 Å². The highest BCUT2D eigenvalue weighted by molar-refractivity contribution is 5.84. The second-order valence-electron chi connectivity index (χ2n) is 6.73. The Balaban J connectivity index is 1.48. The SMILES string of the molecule is Cc1[nH]c2ccc(F)cc2c1CNCC(c1ccco1)N1CCOCC1. The summed E-state index contributed by atoms with van der Waals surface area (Å²) >= 11 is 0. The number of rotatable bonds is 6. The van der Waals surface area contributed by atoms with Crippen LogP contribution in [0.4, 0.5) is 4.39 Å². The molecule has 0 spiro atoms. The van der Waals surface area contributed by atoms with E-state index in [0.717, 1.165) is 60.8 Å². The third-order valence-corrected chi connectivity index (χ3v) is 5.08. The fraction of sp³-hybridized carbons (Fsp3) is 0.400. The van der Waals surface area contributed by atoms with E-state index in [4.69, 9.17) is 9.15 Å². The molecule has 0 amide bonds. The molecule has 6 heteroatoms. The lowest BCUT2D eigenvalue weighted by atomic mass is 10.1. The van der Waals surface area contributed by atoms with Crippen molar-refractivity contribution in [2.45, 2.75) is 19.5 Å².